The monoisotopic (exact) mass is 414 g/mol. The summed E-state index contributed by atoms with van der Waals surface area (Å²) < 4.78 is 5.71. The van der Waals surface area contributed by atoms with Gasteiger partial charge in [-0.25, -0.2) is 14.8 Å². The van der Waals surface area contributed by atoms with Crippen LogP contribution in [0.25, 0.3) is 0 Å². The van der Waals surface area contributed by atoms with E-state index in [0.717, 1.165) is 48.1 Å². The molecule has 2 aromatic heterocycles. The van der Waals surface area contributed by atoms with Crippen molar-refractivity contribution in [3.63, 3.8) is 0 Å². The first-order valence-corrected chi connectivity index (χ1v) is 10.4. The number of nitrogens with zero attached hydrogens (tertiary/aromatic N) is 6. The van der Waals surface area contributed by atoms with Gasteiger partial charge in [0.15, 0.2) is 0 Å². The van der Waals surface area contributed by atoms with E-state index < -0.39 is 0 Å². The molecule has 0 saturated carbocycles. The lowest BCUT2D eigenvalue weighted by molar-refractivity contribution is 0.0490. The Hall–Kier alpha value is -2.61. The predicted molar refractivity (Wildman–Crippen MR) is 109 cm³/mol. The molecule has 0 bridgehead atoms. The van der Waals surface area contributed by atoms with E-state index in [0.29, 0.717) is 31.2 Å². The Morgan fingerprint density at radius 2 is 2.03 bits per heavy atom. The average Bonchev–Trinajstić information content (AvgIpc) is 3.07. The molecule has 2 aromatic rings. The normalized spacial score (nSPS) is 18.3. The van der Waals surface area contributed by atoms with Gasteiger partial charge in [-0.2, -0.15) is 0 Å². The van der Waals surface area contributed by atoms with E-state index in [1.54, 1.807) is 17.3 Å². The van der Waals surface area contributed by atoms with Crippen LogP contribution in [0, 0.1) is 0 Å². The second kappa shape index (κ2) is 7.33. The van der Waals surface area contributed by atoms with E-state index in [1.807, 2.05) is 6.07 Å². The molecule has 5 rings (SSSR count). The Bertz CT molecular complexity index is 945. The molecule has 0 unspecified atom stereocenters. The van der Waals surface area contributed by atoms with Crippen molar-refractivity contribution in [2.75, 3.05) is 36.0 Å². The van der Waals surface area contributed by atoms with Gasteiger partial charge < -0.3 is 14.5 Å². The fraction of sp³-hybridized carbons (Fsp3) is 0.500. The molecule has 3 aliphatic heterocycles. The number of amides is 1. The van der Waals surface area contributed by atoms with Crippen LogP contribution in [0.4, 0.5) is 16.3 Å². The van der Waals surface area contributed by atoms with Gasteiger partial charge in [0.25, 0.3) is 0 Å². The molecular weight excluding hydrogens is 392 g/mol. The molecule has 29 heavy (non-hydrogen) atoms. The summed E-state index contributed by atoms with van der Waals surface area (Å²) in [4.78, 5) is 32.3. The fourth-order valence-corrected chi connectivity index (χ4v) is 4.05. The molecule has 0 aromatic carbocycles. The molecule has 0 aliphatic carbocycles. The van der Waals surface area contributed by atoms with Crippen LogP contribution in [0.3, 0.4) is 0 Å². The van der Waals surface area contributed by atoms with Crippen LogP contribution in [0.15, 0.2) is 18.5 Å². The van der Waals surface area contributed by atoms with Crippen molar-refractivity contribution in [1.82, 2.24) is 19.9 Å². The number of hydrogen-bond acceptors (Lipinski definition) is 7. The molecule has 0 atom stereocenters. The number of pyridine rings is 1. The van der Waals surface area contributed by atoms with E-state index in [1.165, 1.54) is 6.42 Å². The van der Waals surface area contributed by atoms with E-state index in [4.69, 9.17) is 21.3 Å². The lowest BCUT2D eigenvalue weighted by Crippen LogP contribution is -2.54. The van der Waals surface area contributed by atoms with Crippen LogP contribution in [0.2, 0.25) is 5.02 Å². The van der Waals surface area contributed by atoms with Crippen LogP contribution in [-0.2, 0) is 24.2 Å². The van der Waals surface area contributed by atoms with Crippen LogP contribution >= 0.6 is 11.6 Å². The van der Waals surface area contributed by atoms with Crippen LogP contribution in [-0.4, -0.2) is 58.2 Å². The number of aryl methyl sites for hydroxylation is 1. The summed E-state index contributed by atoms with van der Waals surface area (Å²) in [5.74, 6) is 1.84. The minimum absolute atomic E-state index is 0.127. The second-order valence-corrected chi connectivity index (χ2v) is 8.15. The molecule has 8 nitrogen and oxygen atoms in total. The van der Waals surface area contributed by atoms with Gasteiger partial charge in [0.1, 0.15) is 17.7 Å². The number of fused-ring (bicyclic) bond motifs is 1. The van der Waals surface area contributed by atoms with Crippen LogP contribution in [0.1, 0.15) is 30.4 Å². The predicted octanol–water partition coefficient (Wildman–Crippen LogP) is 2.64. The van der Waals surface area contributed by atoms with E-state index in [9.17, 15) is 4.79 Å². The highest BCUT2D eigenvalue weighted by Gasteiger charge is 2.36. The fourth-order valence-electron chi connectivity index (χ4n) is 3.88. The highest BCUT2D eigenvalue weighted by molar-refractivity contribution is 6.30. The third-order valence-electron chi connectivity index (χ3n) is 5.71. The summed E-state index contributed by atoms with van der Waals surface area (Å²) in [6.45, 7) is 6.39. The molecule has 152 valence electrons. The first-order valence-electron chi connectivity index (χ1n) is 10.1. The van der Waals surface area contributed by atoms with Crippen molar-refractivity contribution < 1.29 is 9.53 Å². The van der Waals surface area contributed by atoms with Crippen molar-refractivity contribution in [1.29, 1.82) is 0 Å². The van der Waals surface area contributed by atoms with E-state index >= 15 is 0 Å². The number of carbonyl (C=O) groups is 1. The molecule has 2 saturated heterocycles. The van der Waals surface area contributed by atoms with Gasteiger partial charge in [0, 0.05) is 31.3 Å². The zero-order valence-corrected chi connectivity index (χ0v) is 17.1. The highest BCUT2D eigenvalue weighted by Crippen LogP contribution is 2.32. The quantitative estimate of drug-likeness (QED) is 0.761. The second-order valence-electron chi connectivity index (χ2n) is 7.71. The molecule has 9 heteroatoms. The van der Waals surface area contributed by atoms with Gasteiger partial charge in [-0.05, 0) is 12.5 Å². The van der Waals surface area contributed by atoms with Gasteiger partial charge >= 0.3 is 6.09 Å². The third kappa shape index (κ3) is 3.46. The Kier molecular flexibility index (Phi) is 4.66. The molecular formula is C20H23ClN6O2. The average molecular weight is 415 g/mol. The number of carbonyl (C=O) groups excluding carboxylic acids is 1. The molecule has 0 spiro atoms. The van der Waals surface area contributed by atoms with Crippen molar-refractivity contribution in [3.05, 3.63) is 40.6 Å². The van der Waals surface area contributed by atoms with Gasteiger partial charge in [-0.1, -0.05) is 18.5 Å². The lowest BCUT2D eigenvalue weighted by Gasteiger charge is -2.40. The Labute approximate surface area is 174 Å². The standard InChI is InChI=1S/C20H23ClN6O2/c1-2-18-23-17-12-27(11-16(17)19(24-18)25-4-3-5-25)20(28)29-15-9-26(10-15)14-6-13(21)7-22-8-14/h6-8,15H,2-5,9-12H2,1H3. The maximum atomic E-state index is 12.7. The Morgan fingerprint density at radius 1 is 1.21 bits per heavy atom. The van der Waals surface area contributed by atoms with E-state index in [-0.39, 0.29) is 12.2 Å². The summed E-state index contributed by atoms with van der Waals surface area (Å²) in [7, 11) is 0. The number of aromatic nitrogens is 3. The molecule has 5 heterocycles. The maximum absolute atomic E-state index is 12.7. The first kappa shape index (κ1) is 18.4. The summed E-state index contributed by atoms with van der Waals surface area (Å²) >= 11 is 6.00. The molecule has 0 radical (unpaired) electrons. The molecule has 0 N–H and O–H groups in total. The van der Waals surface area contributed by atoms with Crippen molar-refractivity contribution in [2.24, 2.45) is 0 Å². The maximum Gasteiger partial charge on any atom is 0.410 e. The number of hydrogen-bond donors (Lipinski definition) is 0. The SMILES string of the molecule is CCc1nc2c(c(N3CCC3)n1)CN(C(=O)OC1CN(c3cncc(Cl)c3)C1)C2. The summed E-state index contributed by atoms with van der Waals surface area (Å²) in [5, 5.41) is 0.600. The number of halogens is 1. The Morgan fingerprint density at radius 3 is 2.72 bits per heavy atom. The number of anilines is 2. The van der Waals surface area contributed by atoms with Crippen molar-refractivity contribution in [2.45, 2.75) is 39.0 Å². The topological polar surface area (TPSA) is 74.7 Å². The van der Waals surface area contributed by atoms with Crippen LogP contribution in [0.5, 0.6) is 0 Å². The van der Waals surface area contributed by atoms with Gasteiger partial charge in [-0.3, -0.25) is 9.88 Å². The summed E-state index contributed by atoms with van der Waals surface area (Å²) in [5.41, 5.74) is 2.97. The molecule has 3 aliphatic rings. The summed E-state index contributed by atoms with van der Waals surface area (Å²) in [6, 6.07) is 1.87. The van der Waals surface area contributed by atoms with Gasteiger partial charge in [0.2, 0.25) is 0 Å². The molecule has 1 amide bonds. The number of rotatable bonds is 4. The molecule has 2 fully saturated rings. The third-order valence-corrected chi connectivity index (χ3v) is 5.91. The summed E-state index contributed by atoms with van der Waals surface area (Å²) in [6.07, 6.45) is 4.93. The zero-order chi connectivity index (χ0) is 20.0. The van der Waals surface area contributed by atoms with Crippen LogP contribution < -0.4 is 9.80 Å². The minimum atomic E-state index is -0.288. The largest absolute Gasteiger partial charge is 0.442 e. The highest BCUT2D eigenvalue weighted by atomic mass is 35.5. The van der Waals surface area contributed by atoms with Crippen molar-refractivity contribution in [3.8, 4) is 0 Å². The van der Waals surface area contributed by atoms with Crippen molar-refractivity contribution >= 4 is 29.2 Å². The van der Waals surface area contributed by atoms with Gasteiger partial charge in [-0.15, -0.1) is 0 Å². The zero-order valence-electron chi connectivity index (χ0n) is 16.3. The van der Waals surface area contributed by atoms with E-state index in [2.05, 4.69) is 26.7 Å². The Balaban J connectivity index is 1.22. The lowest BCUT2D eigenvalue weighted by atomic mass is 10.1. The first-order chi connectivity index (χ1) is 14.1. The number of ether oxygens (including phenoxy) is 1. The van der Waals surface area contributed by atoms with Gasteiger partial charge in [0.05, 0.1) is 48.8 Å². The smallest absolute Gasteiger partial charge is 0.410 e. The minimum Gasteiger partial charge on any atom is -0.442 e.